The highest BCUT2D eigenvalue weighted by Crippen LogP contribution is 2.31. The molecule has 0 atom stereocenters. The number of amides is 1. The fraction of sp³-hybridized carbons (Fsp3) is 0.333. The average molecular weight is 378 g/mol. The topological polar surface area (TPSA) is 47.4 Å². The van der Waals surface area contributed by atoms with E-state index in [2.05, 4.69) is 11.2 Å². The van der Waals surface area contributed by atoms with Crippen LogP contribution in [0.2, 0.25) is 5.02 Å². The number of aromatic nitrogens is 2. The molecule has 0 aliphatic carbocycles. The van der Waals surface area contributed by atoms with Gasteiger partial charge in [-0.15, -0.1) is 11.8 Å². The molecule has 0 radical (unpaired) electrons. The van der Waals surface area contributed by atoms with E-state index in [0.29, 0.717) is 17.3 Å². The third-order valence-corrected chi connectivity index (χ3v) is 5.41. The SMILES string of the molecule is Cc1nn(C)c(C)c1/C=C1/SCCN1C(=O)COc1ccc(Cl)cc1. The molecule has 1 amide bonds. The quantitative estimate of drug-likeness (QED) is 0.816. The summed E-state index contributed by atoms with van der Waals surface area (Å²) in [4.78, 5) is 14.3. The summed E-state index contributed by atoms with van der Waals surface area (Å²) in [5.74, 6) is 1.47. The van der Waals surface area contributed by atoms with Crippen molar-refractivity contribution in [1.82, 2.24) is 14.7 Å². The number of rotatable bonds is 4. The standard InChI is InChI=1S/C18H20ClN3O2S/c1-12-16(13(2)21(3)20-12)10-18-22(8-9-25-18)17(23)11-24-15-6-4-14(19)5-7-15/h4-7,10H,8-9,11H2,1-3H3/b18-10+. The van der Waals surface area contributed by atoms with Gasteiger partial charge in [0.05, 0.1) is 10.7 Å². The van der Waals surface area contributed by atoms with Gasteiger partial charge in [-0.3, -0.25) is 9.48 Å². The zero-order chi connectivity index (χ0) is 18.0. The summed E-state index contributed by atoms with van der Waals surface area (Å²) >= 11 is 7.53. The lowest BCUT2D eigenvalue weighted by Gasteiger charge is -2.17. The molecule has 0 bridgehead atoms. The molecule has 132 valence electrons. The minimum atomic E-state index is -0.0506. The Morgan fingerprint density at radius 2 is 2.08 bits per heavy atom. The van der Waals surface area contributed by atoms with Crippen molar-refractivity contribution in [2.75, 3.05) is 18.9 Å². The van der Waals surface area contributed by atoms with E-state index in [1.54, 1.807) is 40.9 Å². The smallest absolute Gasteiger partial charge is 0.265 e. The second kappa shape index (κ2) is 7.54. The van der Waals surface area contributed by atoms with Gasteiger partial charge in [0.15, 0.2) is 6.61 Å². The molecule has 1 aromatic carbocycles. The van der Waals surface area contributed by atoms with Crippen LogP contribution in [-0.2, 0) is 11.8 Å². The van der Waals surface area contributed by atoms with Crippen LogP contribution < -0.4 is 4.74 Å². The molecular weight excluding hydrogens is 358 g/mol. The first-order valence-electron chi connectivity index (χ1n) is 7.99. The van der Waals surface area contributed by atoms with Gasteiger partial charge in [-0.1, -0.05) is 11.6 Å². The number of carbonyl (C=O) groups excluding carboxylic acids is 1. The van der Waals surface area contributed by atoms with E-state index in [1.807, 2.05) is 25.6 Å². The monoisotopic (exact) mass is 377 g/mol. The fourth-order valence-electron chi connectivity index (χ4n) is 2.67. The van der Waals surface area contributed by atoms with Gasteiger partial charge in [0.25, 0.3) is 5.91 Å². The number of nitrogens with zero attached hydrogens (tertiary/aromatic N) is 3. The molecule has 1 aliphatic rings. The molecule has 0 saturated carbocycles. The minimum Gasteiger partial charge on any atom is -0.484 e. The van der Waals surface area contributed by atoms with Crippen molar-refractivity contribution in [3.05, 3.63) is 51.3 Å². The van der Waals surface area contributed by atoms with E-state index in [4.69, 9.17) is 16.3 Å². The molecule has 2 heterocycles. The molecule has 1 aromatic heterocycles. The molecule has 1 fully saturated rings. The van der Waals surface area contributed by atoms with Gasteiger partial charge in [-0.2, -0.15) is 5.10 Å². The highest BCUT2D eigenvalue weighted by Gasteiger charge is 2.25. The van der Waals surface area contributed by atoms with Crippen molar-refractivity contribution >= 4 is 35.3 Å². The maximum atomic E-state index is 12.6. The Balaban J connectivity index is 1.71. The highest BCUT2D eigenvalue weighted by molar-refractivity contribution is 8.03. The van der Waals surface area contributed by atoms with E-state index in [-0.39, 0.29) is 12.5 Å². The van der Waals surface area contributed by atoms with Crippen LogP contribution in [0, 0.1) is 13.8 Å². The Morgan fingerprint density at radius 3 is 2.72 bits per heavy atom. The first-order chi connectivity index (χ1) is 12.0. The molecule has 0 N–H and O–H groups in total. The molecule has 2 aromatic rings. The first-order valence-corrected chi connectivity index (χ1v) is 9.35. The summed E-state index contributed by atoms with van der Waals surface area (Å²) in [5, 5.41) is 6.02. The summed E-state index contributed by atoms with van der Waals surface area (Å²) in [6, 6.07) is 7.00. The lowest BCUT2D eigenvalue weighted by Crippen LogP contribution is -2.31. The van der Waals surface area contributed by atoms with Crippen molar-refractivity contribution in [1.29, 1.82) is 0 Å². The minimum absolute atomic E-state index is 0.00450. The predicted octanol–water partition coefficient (Wildman–Crippen LogP) is 3.64. The van der Waals surface area contributed by atoms with E-state index in [0.717, 1.165) is 27.7 Å². The van der Waals surface area contributed by atoms with E-state index in [1.165, 1.54) is 0 Å². The van der Waals surface area contributed by atoms with Crippen LogP contribution >= 0.6 is 23.4 Å². The number of benzene rings is 1. The van der Waals surface area contributed by atoms with Gasteiger partial charge < -0.3 is 9.64 Å². The van der Waals surface area contributed by atoms with Crippen LogP contribution in [0.1, 0.15) is 17.0 Å². The molecule has 0 unspecified atom stereocenters. The van der Waals surface area contributed by atoms with Crippen LogP contribution in [-0.4, -0.2) is 39.5 Å². The van der Waals surface area contributed by atoms with Crippen LogP contribution in [0.15, 0.2) is 29.3 Å². The van der Waals surface area contributed by atoms with E-state index < -0.39 is 0 Å². The number of thioether (sulfide) groups is 1. The average Bonchev–Trinajstić information content (AvgIpc) is 3.14. The molecule has 7 heteroatoms. The van der Waals surface area contributed by atoms with Gasteiger partial charge in [0, 0.05) is 35.6 Å². The third kappa shape index (κ3) is 4.02. The molecule has 3 rings (SSSR count). The number of hydrogen-bond donors (Lipinski definition) is 0. The van der Waals surface area contributed by atoms with E-state index in [9.17, 15) is 4.79 Å². The largest absolute Gasteiger partial charge is 0.484 e. The summed E-state index contributed by atoms with van der Waals surface area (Å²) in [6.07, 6.45) is 2.05. The Labute approximate surface area is 156 Å². The number of halogens is 1. The van der Waals surface area contributed by atoms with E-state index >= 15 is 0 Å². The first kappa shape index (κ1) is 17.9. The number of hydrogen-bond acceptors (Lipinski definition) is 4. The summed E-state index contributed by atoms with van der Waals surface area (Å²) < 4.78 is 7.44. The molecule has 25 heavy (non-hydrogen) atoms. The summed E-state index contributed by atoms with van der Waals surface area (Å²) in [6.45, 7) is 4.71. The summed E-state index contributed by atoms with van der Waals surface area (Å²) in [7, 11) is 1.93. The fourth-order valence-corrected chi connectivity index (χ4v) is 3.83. The van der Waals surface area contributed by atoms with Crippen molar-refractivity contribution in [3.63, 3.8) is 0 Å². The van der Waals surface area contributed by atoms with Crippen molar-refractivity contribution in [3.8, 4) is 5.75 Å². The predicted molar refractivity (Wildman–Crippen MR) is 102 cm³/mol. The number of carbonyl (C=O) groups is 1. The van der Waals surface area contributed by atoms with Gasteiger partial charge >= 0.3 is 0 Å². The second-order valence-corrected chi connectivity index (χ2v) is 7.38. The van der Waals surface area contributed by atoms with Gasteiger partial charge in [-0.25, -0.2) is 0 Å². The highest BCUT2D eigenvalue weighted by atomic mass is 35.5. The van der Waals surface area contributed by atoms with Gasteiger partial charge in [-0.05, 0) is 44.2 Å². The Kier molecular flexibility index (Phi) is 5.39. The Hall–Kier alpha value is -1.92. The third-order valence-electron chi connectivity index (χ3n) is 4.14. The van der Waals surface area contributed by atoms with Gasteiger partial charge in [0.1, 0.15) is 5.75 Å². The molecule has 0 spiro atoms. The summed E-state index contributed by atoms with van der Waals surface area (Å²) in [5.41, 5.74) is 3.12. The Morgan fingerprint density at radius 1 is 1.36 bits per heavy atom. The van der Waals surface area contributed by atoms with Gasteiger partial charge in [0.2, 0.25) is 0 Å². The maximum absolute atomic E-state index is 12.6. The number of ether oxygens (including phenoxy) is 1. The van der Waals surface area contributed by atoms with Crippen LogP contribution in [0.25, 0.3) is 6.08 Å². The lowest BCUT2D eigenvalue weighted by atomic mass is 10.2. The van der Waals surface area contributed by atoms with Crippen LogP contribution in [0.4, 0.5) is 0 Å². The maximum Gasteiger partial charge on any atom is 0.265 e. The molecular formula is C18H20ClN3O2S. The zero-order valence-corrected chi connectivity index (χ0v) is 16.0. The number of aryl methyl sites for hydroxylation is 2. The van der Waals surface area contributed by atoms with Crippen molar-refractivity contribution < 1.29 is 9.53 Å². The van der Waals surface area contributed by atoms with Crippen LogP contribution in [0.5, 0.6) is 5.75 Å². The zero-order valence-electron chi connectivity index (χ0n) is 14.5. The molecule has 1 saturated heterocycles. The normalized spacial score (nSPS) is 15.8. The van der Waals surface area contributed by atoms with Crippen molar-refractivity contribution in [2.24, 2.45) is 7.05 Å². The lowest BCUT2D eigenvalue weighted by molar-refractivity contribution is -0.130. The van der Waals surface area contributed by atoms with Crippen LogP contribution in [0.3, 0.4) is 0 Å². The van der Waals surface area contributed by atoms with Crippen molar-refractivity contribution in [2.45, 2.75) is 13.8 Å². The Bertz CT molecular complexity index is 814. The molecule has 5 nitrogen and oxygen atoms in total. The molecule has 1 aliphatic heterocycles. The second-order valence-electron chi connectivity index (χ2n) is 5.83.